The van der Waals surface area contributed by atoms with Crippen molar-refractivity contribution in [2.45, 2.75) is 170 Å². The Morgan fingerprint density at radius 2 is 0.500 bits per heavy atom. The minimum atomic E-state index is 0.412. The van der Waals surface area contributed by atoms with Gasteiger partial charge in [0.15, 0.2) is 0 Å². The molecule has 0 saturated carbocycles. The summed E-state index contributed by atoms with van der Waals surface area (Å²) in [5, 5.41) is 0. The van der Waals surface area contributed by atoms with Gasteiger partial charge in [0.25, 0.3) is 0 Å². The maximum atomic E-state index is 2.44. The molecule has 0 aliphatic carbocycles. The van der Waals surface area contributed by atoms with Crippen LogP contribution in [0, 0.1) is 0 Å². The Morgan fingerprint density at radius 3 is 0.676 bits per heavy atom. The molecule has 34 heavy (non-hydrogen) atoms. The first-order valence-corrected chi connectivity index (χ1v) is 19.6. The zero-order valence-corrected chi connectivity index (χ0v) is 27.5. The molecule has 0 aromatic rings. The molecule has 4 aliphatic rings. The molecule has 0 N–H and O–H groups in total. The number of hydrogen-bond donors (Lipinski definition) is 0. The Morgan fingerprint density at radius 1 is 0.294 bits per heavy atom. The van der Waals surface area contributed by atoms with Crippen molar-refractivity contribution in [1.82, 2.24) is 0 Å². The third-order valence-corrected chi connectivity index (χ3v) is 19.4. The lowest BCUT2D eigenvalue weighted by atomic mass is 10.2. The summed E-state index contributed by atoms with van der Waals surface area (Å²) in [6.45, 7) is 9.42. The van der Waals surface area contributed by atoms with Crippen LogP contribution in [0.25, 0.3) is 0 Å². The summed E-state index contributed by atoms with van der Waals surface area (Å²) in [5.74, 6) is 0. The number of rotatable bonds is 20. The summed E-state index contributed by atoms with van der Waals surface area (Å²) in [7, 11) is 0. The van der Waals surface area contributed by atoms with Crippen LogP contribution in [0.4, 0.5) is 0 Å². The first kappa shape index (κ1) is 30.6. The first-order valence-electron chi connectivity index (χ1n) is 14.7. The lowest BCUT2D eigenvalue weighted by Crippen LogP contribution is -2.53. The SMILES string of the molecule is CCCCCCC12SC3(CCCCCC)SC(CCCCCC)(S1)SC(CCCCCC)(S2)S3. The molecule has 0 aromatic heterocycles. The van der Waals surface area contributed by atoms with Crippen molar-refractivity contribution in [3.05, 3.63) is 0 Å². The molecule has 6 heteroatoms. The molecule has 4 rings (SSSR count). The minimum absolute atomic E-state index is 0.412. The zero-order chi connectivity index (χ0) is 24.4. The molecule has 0 atom stereocenters. The molecule has 0 radical (unpaired) electrons. The molecule has 200 valence electrons. The minimum Gasteiger partial charge on any atom is -0.104 e. The summed E-state index contributed by atoms with van der Waals surface area (Å²) in [6, 6.07) is 0. The van der Waals surface area contributed by atoms with Crippen LogP contribution in [-0.4, -0.2) is 13.6 Å². The van der Waals surface area contributed by atoms with Gasteiger partial charge < -0.3 is 0 Å². The van der Waals surface area contributed by atoms with Crippen molar-refractivity contribution >= 4 is 70.6 Å². The van der Waals surface area contributed by atoms with E-state index in [9.17, 15) is 0 Å². The summed E-state index contributed by atoms with van der Waals surface area (Å²) >= 11 is 14.6. The van der Waals surface area contributed by atoms with Crippen molar-refractivity contribution in [1.29, 1.82) is 0 Å². The fourth-order valence-electron chi connectivity index (χ4n) is 5.36. The van der Waals surface area contributed by atoms with E-state index in [1.54, 1.807) is 0 Å². The van der Waals surface area contributed by atoms with Crippen molar-refractivity contribution < 1.29 is 0 Å². The summed E-state index contributed by atoms with van der Waals surface area (Å²) in [4.78, 5) is 0. The second-order valence-electron chi connectivity index (χ2n) is 10.6. The van der Waals surface area contributed by atoms with Crippen LogP contribution in [0.3, 0.4) is 0 Å². The van der Waals surface area contributed by atoms with E-state index in [1.807, 2.05) is 0 Å². The molecule has 4 saturated heterocycles. The number of hydrogen-bond acceptors (Lipinski definition) is 6. The molecule has 4 heterocycles. The van der Waals surface area contributed by atoms with Crippen LogP contribution in [0.5, 0.6) is 0 Å². The standard InChI is InChI=1S/C28H52S6/c1-5-9-13-17-21-25-29-26(22-18-14-10-6-2)32-27(30-25,23-19-15-11-7-3)34-28(31-25,33-26)24-20-16-12-8-4/h5-24H2,1-4H3. The van der Waals surface area contributed by atoms with Gasteiger partial charge in [0.1, 0.15) is 13.6 Å². The molecule has 0 spiro atoms. The quantitative estimate of drug-likeness (QED) is 0.130. The summed E-state index contributed by atoms with van der Waals surface area (Å²) in [5.41, 5.74) is 0. The maximum Gasteiger partial charge on any atom is 0.113 e. The summed E-state index contributed by atoms with van der Waals surface area (Å²) < 4.78 is 1.65. The molecule has 0 nitrogen and oxygen atoms in total. The van der Waals surface area contributed by atoms with Gasteiger partial charge in [0, 0.05) is 0 Å². The Labute approximate surface area is 238 Å². The van der Waals surface area contributed by atoms with E-state index in [0.29, 0.717) is 13.6 Å². The van der Waals surface area contributed by atoms with Gasteiger partial charge in [-0.1, -0.05) is 130 Å². The topological polar surface area (TPSA) is 0 Å². The third-order valence-electron chi connectivity index (χ3n) is 7.21. The van der Waals surface area contributed by atoms with Gasteiger partial charge >= 0.3 is 0 Å². The molecule has 0 unspecified atom stereocenters. The van der Waals surface area contributed by atoms with Crippen LogP contribution in [-0.2, 0) is 0 Å². The second-order valence-corrected chi connectivity index (χ2v) is 23.3. The highest BCUT2D eigenvalue weighted by Gasteiger charge is 2.71. The average molecular weight is 581 g/mol. The van der Waals surface area contributed by atoms with E-state index >= 15 is 0 Å². The van der Waals surface area contributed by atoms with Gasteiger partial charge in [-0.05, 0) is 25.7 Å². The van der Waals surface area contributed by atoms with Crippen LogP contribution in [0.2, 0.25) is 0 Å². The normalized spacial score (nSPS) is 34.2. The van der Waals surface area contributed by atoms with Crippen molar-refractivity contribution in [3.8, 4) is 0 Å². The Hall–Kier alpha value is 2.10. The predicted molar refractivity (Wildman–Crippen MR) is 172 cm³/mol. The molecule has 0 amide bonds. The van der Waals surface area contributed by atoms with Gasteiger partial charge in [0.05, 0.1) is 0 Å². The molecular weight excluding hydrogens is 529 g/mol. The van der Waals surface area contributed by atoms with Gasteiger partial charge in [-0.25, -0.2) is 0 Å². The number of unbranched alkanes of at least 4 members (excludes halogenated alkanes) is 12. The van der Waals surface area contributed by atoms with E-state index in [1.165, 1.54) is 128 Å². The van der Waals surface area contributed by atoms with Crippen molar-refractivity contribution in [2.75, 3.05) is 0 Å². The van der Waals surface area contributed by atoms with E-state index in [2.05, 4.69) is 98.3 Å². The molecule has 4 bridgehead atoms. The zero-order valence-electron chi connectivity index (χ0n) is 22.6. The highest BCUT2D eigenvalue weighted by Crippen LogP contribution is 2.91. The van der Waals surface area contributed by atoms with E-state index < -0.39 is 0 Å². The van der Waals surface area contributed by atoms with Crippen molar-refractivity contribution in [3.63, 3.8) is 0 Å². The van der Waals surface area contributed by atoms with Gasteiger partial charge in [0.2, 0.25) is 0 Å². The van der Waals surface area contributed by atoms with Crippen LogP contribution in [0.1, 0.15) is 156 Å². The fourth-order valence-corrected chi connectivity index (χ4v) is 27.2. The average Bonchev–Trinajstić information content (AvgIpc) is 2.79. The highest BCUT2D eigenvalue weighted by atomic mass is 32.4. The maximum absolute atomic E-state index is 2.44. The first-order chi connectivity index (χ1) is 16.5. The molecule has 0 aromatic carbocycles. The smallest absolute Gasteiger partial charge is 0.104 e. The predicted octanol–water partition coefficient (Wildman–Crippen LogP) is 12.9. The third kappa shape index (κ3) is 8.55. The van der Waals surface area contributed by atoms with Gasteiger partial charge in [-0.15, -0.1) is 70.6 Å². The lowest BCUT2D eigenvalue weighted by Gasteiger charge is -2.67. The lowest BCUT2D eigenvalue weighted by molar-refractivity contribution is 0.614. The molecule has 4 fully saturated rings. The monoisotopic (exact) mass is 580 g/mol. The Bertz CT molecular complexity index is 446. The largest absolute Gasteiger partial charge is 0.113 e. The van der Waals surface area contributed by atoms with E-state index in [-0.39, 0.29) is 0 Å². The number of thioether (sulfide) groups is 6. The molecule has 4 aliphatic heterocycles. The van der Waals surface area contributed by atoms with Crippen LogP contribution in [0.15, 0.2) is 0 Å². The van der Waals surface area contributed by atoms with Crippen LogP contribution >= 0.6 is 70.6 Å². The van der Waals surface area contributed by atoms with Gasteiger partial charge in [-0.3, -0.25) is 0 Å². The fraction of sp³-hybridized carbons (Fsp3) is 1.00. The Kier molecular flexibility index (Phi) is 13.5. The summed E-state index contributed by atoms with van der Waals surface area (Å²) in [6.07, 6.45) is 28.3. The second kappa shape index (κ2) is 15.0. The van der Waals surface area contributed by atoms with Gasteiger partial charge in [-0.2, -0.15) is 0 Å². The van der Waals surface area contributed by atoms with Crippen LogP contribution < -0.4 is 0 Å². The highest BCUT2D eigenvalue weighted by molar-refractivity contribution is 8.64. The Balaban J connectivity index is 1.81. The van der Waals surface area contributed by atoms with E-state index in [4.69, 9.17) is 0 Å². The van der Waals surface area contributed by atoms with E-state index in [0.717, 1.165) is 0 Å². The van der Waals surface area contributed by atoms with Crippen molar-refractivity contribution in [2.24, 2.45) is 0 Å². The molecular formula is C28H52S6.